The number of benzene rings is 2. The van der Waals surface area contributed by atoms with Crippen LogP contribution in [0.2, 0.25) is 16.6 Å². The predicted molar refractivity (Wildman–Crippen MR) is 207 cm³/mol. The Hall–Kier alpha value is -2.95. The van der Waals surface area contributed by atoms with E-state index in [0.717, 1.165) is 47.4 Å². The molecule has 2 aliphatic heterocycles. The van der Waals surface area contributed by atoms with Gasteiger partial charge in [-0.1, -0.05) is 89.1 Å². The number of ether oxygens (including phenoxy) is 2. The van der Waals surface area contributed by atoms with Crippen molar-refractivity contribution in [3.63, 3.8) is 0 Å². The Morgan fingerprint density at radius 1 is 1.02 bits per heavy atom. The number of nitrogens with one attached hydrogen (secondary N) is 1. The van der Waals surface area contributed by atoms with Gasteiger partial charge in [0.05, 0.1) is 37.7 Å². The highest BCUT2D eigenvalue weighted by Crippen LogP contribution is 2.50. The SMILES string of the molecule is CCCCC(CCCC)(CCCC)[Si](C)OC1(c2cn(-c3nc(Nc4cc5c(cc4OC)CCN(C)C5)ncc3Cl)c3ccccc23)COC1. The maximum atomic E-state index is 7.45. The zero-order valence-electron chi connectivity index (χ0n) is 30.9. The molecule has 0 amide bonds. The van der Waals surface area contributed by atoms with Gasteiger partial charge in [-0.05, 0) is 73.6 Å². The van der Waals surface area contributed by atoms with Crippen LogP contribution in [-0.2, 0) is 27.7 Å². The van der Waals surface area contributed by atoms with Gasteiger partial charge in [-0.25, -0.2) is 4.98 Å². The number of hydrogen-bond acceptors (Lipinski definition) is 7. The van der Waals surface area contributed by atoms with Crippen molar-refractivity contribution in [1.29, 1.82) is 0 Å². The third-order valence-corrected chi connectivity index (χ3v) is 14.1. The summed E-state index contributed by atoms with van der Waals surface area (Å²) in [5.74, 6) is 1.84. The van der Waals surface area contributed by atoms with Crippen LogP contribution in [0.15, 0.2) is 48.8 Å². The van der Waals surface area contributed by atoms with Gasteiger partial charge in [0.15, 0.2) is 5.82 Å². The third kappa shape index (κ3) is 7.49. The Kier molecular flexibility index (Phi) is 11.9. The summed E-state index contributed by atoms with van der Waals surface area (Å²) in [7, 11) is 2.63. The van der Waals surface area contributed by atoms with Crippen LogP contribution in [-0.4, -0.2) is 62.4 Å². The second-order valence-electron chi connectivity index (χ2n) is 14.5. The topological polar surface area (TPSA) is 73.7 Å². The van der Waals surface area contributed by atoms with Gasteiger partial charge in [-0.15, -0.1) is 0 Å². The molecular weight excluding hydrogens is 662 g/mol. The first-order chi connectivity index (χ1) is 24.3. The zero-order valence-corrected chi connectivity index (χ0v) is 32.7. The number of rotatable bonds is 17. The minimum atomic E-state index is -1.22. The third-order valence-electron chi connectivity index (χ3n) is 10.9. The number of likely N-dealkylation sites (N-methyl/N-ethyl adjacent to an activating group) is 1. The highest BCUT2D eigenvalue weighted by molar-refractivity contribution is 6.54. The number of fused-ring (bicyclic) bond motifs is 2. The van der Waals surface area contributed by atoms with Gasteiger partial charge in [0.25, 0.3) is 0 Å². The van der Waals surface area contributed by atoms with E-state index >= 15 is 0 Å². The first kappa shape index (κ1) is 36.8. The Labute approximate surface area is 305 Å². The molecule has 0 bridgehead atoms. The number of anilines is 2. The lowest BCUT2D eigenvalue weighted by Gasteiger charge is -2.48. The van der Waals surface area contributed by atoms with Crippen molar-refractivity contribution in [3.05, 3.63) is 70.5 Å². The van der Waals surface area contributed by atoms with Crippen molar-refractivity contribution in [3.8, 4) is 11.6 Å². The summed E-state index contributed by atoms with van der Waals surface area (Å²) in [5, 5.41) is 5.30. The molecule has 0 aliphatic carbocycles. The molecule has 1 saturated heterocycles. The normalized spacial score (nSPS) is 16.1. The first-order valence-electron chi connectivity index (χ1n) is 18.7. The average molecular weight is 717 g/mol. The number of unbranched alkanes of at least 4 members (excludes halogenated alkanes) is 3. The quantitative estimate of drug-likeness (QED) is 0.109. The van der Waals surface area contributed by atoms with E-state index in [1.165, 1.54) is 68.9 Å². The Balaban J connectivity index is 1.36. The van der Waals surface area contributed by atoms with Gasteiger partial charge in [-0.3, -0.25) is 4.57 Å². The zero-order chi connectivity index (χ0) is 35.3. The maximum absolute atomic E-state index is 7.45. The summed E-state index contributed by atoms with van der Waals surface area (Å²) >= 11 is 6.91. The number of halogens is 1. The fourth-order valence-corrected chi connectivity index (χ4v) is 10.6. The van der Waals surface area contributed by atoms with Crippen molar-refractivity contribution in [2.45, 2.75) is 109 Å². The van der Waals surface area contributed by atoms with Crippen LogP contribution < -0.4 is 10.1 Å². The molecule has 0 unspecified atom stereocenters. The van der Waals surface area contributed by atoms with Crippen LogP contribution in [0.1, 0.15) is 95.2 Å². The summed E-state index contributed by atoms with van der Waals surface area (Å²) < 4.78 is 21.4. The van der Waals surface area contributed by atoms with Crippen molar-refractivity contribution in [2.24, 2.45) is 0 Å². The van der Waals surface area contributed by atoms with E-state index in [1.807, 2.05) is 0 Å². The second kappa shape index (κ2) is 16.2. The second-order valence-corrected chi connectivity index (χ2v) is 17.2. The van der Waals surface area contributed by atoms with E-state index < -0.39 is 14.6 Å². The van der Waals surface area contributed by atoms with E-state index in [-0.39, 0.29) is 5.04 Å². The van der Waals surface area contributed by atoms with Gasteiger partial charge < -0.3 is 24.1 Å². The smallest absolute Gasteiger partial charge is 0.229 e. The summed E-state index contributed by atoms with van der Waals surface area (Å²) in [6, 6.07) is 12.8. The summed E-state index contributed by atoms with van der Waals surface area (Å²) in [5.41, 5.74) is 5.10. The van der Waals surface area contributed by atoms with Crippen LogP contribution in [0, 0.1) is 0 Å². The molecule has 2 aromatic carbocycles. The number of hydrogen-bond donors (Lipinski definition) is 1. The average Bonchev–Trinajstić information content (AvgIpc) is 3.49. The predicted octanol–water partition coefficient (Wildman–Crippen LogP) is 9.99. The molecule has 0 saturated carbocycles. The highest BCUT2D eigenvalue weighted by Gasteiger charge is 2.49. The van der Waals surface area contributed by atoms with Crippen LogP contribution in [0.3, 0.4) is 0 Å². The first-order valence-corrected chi connectivity index (χ1v) is 20.9. The largest absolute Gasteiger partial charge is 0.495 e. The molecule has 0 spiro atoms. The molecule has 2 aromatic heterocycles. The van der Waals surface area contributed by atoms with E-state index in [4.69, 9.17) is 30.5 Å². The van der Waals surface area contributed by atoms with E-state index in [2.05, 4.69) is 96.7 Å². The van der Waals surface area contributed by atoms with Crippen LogP contribution in [0.4, 0.5) is 11.6 Å². The molecule has 0 atom stereocenters. The molecule has 10 heteroatoms. The molecule has 50 heavy (non-hydrogen) atoms. The molecular formula is C40H55ClN5O3Si. The number of methoxy groups -OCH3 is 1. The summed E-state index contributed by atoms with van der Waals surface area (Å²) in [6.07, 6.45) is 16.0. The van der Waals surface area contributed by atoms with Crippen LogP contribution in [0.25, 0.3) is 16.7 Å². The number of nitrogens with zero attached hydrogens (tertiary/aromatic N) is 4. The molecule has 6 rings (SSSR count). The van der Waals surface area contributed by atoms with E-state index in [9.17, 15) is 0 Å². The fourth-order valence-electron chi connectivity index (χ4n) is 7.83. The Bertz CT molecular complexity index is 1740. The summed E-state index contributed by atoms with van der Waals surface area (Å²) in [4.78, 5) is 11.9. The molecule has 1 fully saturated rings. The van der Waals surface area contributed by atoms with Crippen molar-refractivity contribution in [1.82, 2.24) is 19.4 Å². The molecule has 1 radical (unpaired) electrons. The lowest BCUT2D eigenvalue weighted by Crippen LogP contribution is -2.53. The highest BCUT2D eigenvalue weighted by atomic mass is 35.5. The minimum absolute atomic E-state index is 0.247. The number of para-hydroxylation sites is 1. The number of aromatic nitrogens is 3. The van der Waals surface area contributed by atoms with Gasteiger partial charge in [-0.2, -0.15) is 4.98 Å². The standard InChI is InChI=1S/C40H55ClN5O3Si/c1-7-10-18-39(19-11-8-2,20-12-9-3)50(6)49-40(27-48-28-40)32-26-46(35-16-14-13-15-31(32)35)37-33(41)24-42-38(44-37)43-34-22-30-25-45(4)21-17-29(30)23-36(34)47-5/h13-16,22-24,26H,7-12,17-21,25,27-28H2,1-6H3,(H,42,43,44). The molecule has 4 aromatic rings. The Morgan fingerprint density at radius 3 is 2.36 bits per heavy atom. The maximum Gasteiger partial charge on any atom is 0.229 e. The van der Waals surface area contributed by atoms with Gasteiger partial charge in [0, 0.05) is 30.2 Å². The molecule has 1 N–H and O–H groups in total. The summed E-state index contributed by atoms with van der Waals surface area (Å²) in [6.45, 7) is 12.4. The van der Waals surface area contributed by atoms with Gasteiger partial charge >= 0.3 is 0 Å². The van der Waals surface area contributed by atoms with Crippen molar-refractivity contribution < 1.29 is 13.9 Å². The van der Waals surface area contributed by atoms with Crippen molar-refractivity contribution >= 4 is 43.2 Å². The van der Waals surface area contributed by atoms with Crippen LogP contribution >= 0.6 is 11.6 Å². The molecule has 269 valence electrons. The van der Waals surface area contributed by atoms with Gasteiger partial charge in [0.2, 0.25) is 15.0 Å². The monoisotopic (exact) mass is 716 g/mol. The molecule has 8 nitrogen and oxygen atoms in total. The fraction of sp³-hybridized carbons (Fsp3) is 0.550. The lowest BCUT2D eigenvalue weighted by molar-refractivity contribution is -0.171. The van der Waals surface area contributed by atoms with E-state index in [0.29, 0.717) is 30.0 Å². The van der Waals surface area contributed by atoms with Crippen molar-refractivity contribution in [2.75, 3.05) is 39.2 Å². The molecule has 4 heterocycles. The lowest BCUT2D eigenvalue weighted by atomic mass is 9.89. The minimum Gasteiger partial charge on any atom is -0.495 e. The Morgan fingerprint density at radius 2 is 1.72 bits per heavy atom. The van der Waals surface area contributed by atoms with Gasteiger partial charge in [0.1, 0.15) is 16.4 Å². The van der Waals surface area contributed by atoms with E-state index in [1.54, 1.807) is 13.3 Å². The molecule has 2 aliphatic rings. The van der Waals surface area contributed by atoms with Crippen LogP contribution in [0.5, 0.6) is 5.75 Å².